The molecule has 1 N–H and O–H groups in total. The number of aliphatic hydroxyl groups excluding tert-OH is 1. The van der Waals surface area contributed by atoms with Crippen LogP contribution in [0.3, 0.4) is 0 Å². The van der Waals surface area contributed by atoms with Crippen LogP contribution in [0.4, 0.5) is 0 Å². The van der Waals surface area contributed by atoms with Crippen LogP contribution >= 0.6 is 7.82 Å². The SMILES string of the molecule is CC(C)CCCCCO.O=P([O-])([O-])[O-].[K+].[K+].[K+]. The van der Waals surface area contributed by atoms with Gasteiger partial charge in [0.05, 0.1) is 0 Å². The summed E-state index contributed by atoms with van der Waals surface area (Å²) in [6, 6.07) is 0. The van der Waals surface area contributed by atoms with Crippen molar-refractivity contribution in [2.24, 2.45) is 5.92 Å². The van der Waals surface area contributed by atoms with Crippen LogP contribution in [0.2, 0.25) is 0 Å². The Morgan fingerprint density at radius 3 is 1.59 bits per heavy atom. The fourth-order valence-electron chi connectivity index (χ4n) is 0.841. The van der Waals surface area contributed by atoms with Crippen molar-refractivity contribution in [3.05, 3.63) is 0 Å². The maximum absolute atomic E-state index is 8.55. The first kappa shape index (κ1) is 33.6. The minimum absolute atomic E-state index is 0. The largest absolute Gasteiger partial charge is 1.00 e. The van der Waals surface area contributed by atoms with Crippen LogP contribution in [0, 0.1) is 5.92 Å². The van der Waals surface area contributed by atoms with E-state index in [1.54, 1.807) is 0 Å². The maximum Gasteiger partial charge on any atom is 1.00 e. The van der Waals surface area contributed by atoms with E-state index in [2.05, 4.69) is 13.8 Å². The van der Waals surface area contributed by atoms with Crippen LogP contribution in [0.5, 0.6) is 0 Å². The van der Waals surface area contributed by atoms with E-state index in [9.17, 15) is 0 Å². The standard InChI is InChI=1S/C8H18O.3K.H3O4P/c1-8(2)6-4-3-5-7-9;;;;1-5(2,3)4/h8-9H,3-7H2,1-2H3;;;;(H3,1,2,3,4)/q;3*+1;/p-3. The molecule has 0 saturated carbocycles. The first-order valence-corrected chi connectivity index (χ1v) is 6.07. The zero-order chi connectivity index (χ0) is 11.6. The molecule has 0 rings (SSSR count). The molecule has 0 aromatic rings. The normalized spacial score (nSPS) is 9.12. The van der Waals surface area contributed by atoms with Crippen molar-refractivity contribution in [3.63, 3.8) is 0 Å². The topological polar surface area (TPSA) is 106 Å². The second-order valence-corrected chi connectivity index (χ2v) is 4.31. The van der Waals surface area contributed by atoms with Crippen molar-refractivity contribution in [1.29, 1.82) is 0 Å². The van der Waals surface area contributed by atoms with E-state index in [1.807, 2.05) is 0 Å². The van der Waals surface area contributed by atoms with E-state index in [0.29, 0.717) is 6.61 Å². The summed E-state index contributed by atoms with van der Waals surface area (Å²) < 4.78 is 8.55. The van der Waals surface area contributed by atoms with E-state index >= 15 is 0 Å². The predicted molar refractivity (Wildman–Crippen MR) is 48.0 cm³/mol. The molecule has 0 atom stereocenters. The average molecular weight is 342 g/mol. The maximum atomic E-state index is 8.55. The van der Waals surface area contributed by atoms with Crippen LogP contribution in [0.1, 0.15) is 39.5 Å². The van der Waals surface area contributed by atoms with Crippen molar-refractivity contribution < 1.29 is 179 Å². The summed E-state index contributed by atoms with van der Waals surface area (Å²) in [5.74, 6) is 0.823. The number of rotatable bonds is 5. The minimum Gasteiger partial charge on any atom is -0.822 e. The molecule has 88 valence electrons. The number of hydrogen-bond donors (Lipinski definition) is 1. The Kier molecular flexibility index (Phi) is 45.9. The third-order valence-electron chi connectivity index (χ3n) is 1.44. The van der Waals surface area contributed by atoms with Crippen LogP contribution in [0.25, 0.3) is 0 Å². The molecule has 0 aliphatic heterocycles. The average Bonchev–Trinajstić information content (AvgIpc) is 1.94. The second-order valence-electron chi connectivity index (χ2n) is 3.41. The molecule has 5 nitrogen and oxygen atoms in total. The Labute approximate surface area is 232 Å². The summed E-state index contributed by atoms with van der Waals surface area (Å²) in [4.78, 5) is 25.6. The Balaban J connectivity index is -0.0000000533. The molecule has 0 radical (unpaired) electrons. The molecule has 17 heavy (non-hydrogen) atoms. The zero-order valence-electron chi connectivity index (χ0n) is 11.6. The molecular formula is C8H18K3O5P. The predicted octanol–water partition coefficient (Wildman–Crippen LogP) is -9.62. The third kappa shape index (κ3) is 62.7. The molecule has 0 spiro atoms. The minimum atomic E-state index is -5.39. The van der Waals surface area contributed by atoms with E-state index < -0.39 is 7.82 Å². The fraction of sp³-hybridized carbons (Fsp3) is 1.00. The van der Waals surface area contributed by atoms with Crippen LogP contribution < -0.4 is 169 Å². The van der Waals surface area contributed by atoms with Gasteiger partial charge in [-0.05, 0) is 12.3 Å². The van der Waals surface area contributed by atoms with Gasteiger partial charge in [0.1, 0.15) is 0 Å². The summed E-state index contributed by atoms with van der Waals surface area (Å²) in [6.45, 7) is 4.83. The first-order valence-electron chi connectivity index (χ1n) is 4.61. The molecule has 0 aliphatic carbocycles. The summed E-state index contributed by atoms with van der Waals surface area (Å²) in [5, 5.41) is 8.43. The van der Waals surface area contributed by atoms with Crippen molar-refractivity contribution in [2.75, 3.05) is 6.61 Å². The molecule has 0 saturated heterocycles. The molecule has 0 unspecified atom stereocenters. The summed E-state index contributed by atoms with van der Waals surface area (Å²) in [5.41, 5.74) is 0. The van der Waals surface area contributed by atoms with Gasteiger partial charge < -0.3 is 24.4 Å². The summed E-state index contributed by atoms with van der Waals surface area (Å²) in [7, 11) is -5.39. The summed E-state index contributed by atoms with van der Waals surface area (Å²) >= 11 is 0. The summed E-state index contributed by atoms with van der Waals surface area (Å²) in [6.07, 6.45) is 4.75. The van der Waals surface area contributed by atoms with Gasteiger partial charge in [-0.2, -0.15) is 7.82 Å². The van der Waals surface area contributed by atoms with Gasteiger partial charge in [-0.15, -0.1) is 0 Å². The quantitative estimate of drug-likeness (QED) is 0.303. The molecule has 0 aliphatic rings. The molecule has 9 heteroatoms. The second kappa shape index (κ2) is 23.2. The number of phosphoric acid groups is 1. The molecule has 0 aromatic carbocycles. The Bertz CT molecular complexity index is 157. The Morgan fingerprint density at radius 2 is 1.35 bits per heavy atom. The number of hydrogen-bond acceptors (Lipinski definition) is 5. The Morgan fingerprint density at radius 1 is 1.00 bits per heavy atom. The molecule has 0 bridgehead atoms. The van der Waals surface area contributed by atoms with Crippen LogP contribution in [0.15, 0.2) is 0 Å². The smallest absolute Gasteiger partial charge is 0.822 e. The van der Waals surface area contributed by atoms with Gasteiger partial charge in [0.15, 0.2) is 0 Å². The molecule has 0 aromatic heterocycles. The van der Waals surface area contributed by atoms with E-state index in [4.69, 9.17) is 24.4 Å². The van der Waals surface area contributed by atoms with E-state index in [1.165, 1.54) is 19.3 Å². The monoisotopic (exact) mass is 342 g/mol. The molecule has 0 amide bonds. The van der Waals surface area contributed by atoms with Gasteiger partial charge in [-0.3, -0.25) is 0 Å². The first-order chi connectivity index (χ1) is 6.27. The van der Waals surface area contributed by atoms with Crippen molar-refractivity contribution in [1.82, 2.24) is 0 Å². The molecule has 0 heterocycles. The van der Waals surface area contributed by atoms with Crippen molar-refractivity contribution in [3.8, 4) is 0 Å². The van der Waals surface area contributed by atoms with Gasteiger partial charge in [0, 0.05) is 6.61 Å². The number of unbranched alkanes of at least 4 members (excludes halogenated alkanes) is 2. The van der Waals surface area contributed by atoms with Crippen LogP contribution in [-0.4, -0.2) is 11.7 Å². The fourth-order valence-corrected chi connectivity index (χ4v) is 0.841. The van der Waals surface area contributed by atoms with Gasteiger partial charge in [-0.25, -0.2) is 0 Å². The number of aliphatic hydroxyl groups is 1. The van der Waals surface area contributed by atoms with Crippen molar-refractivity contribution in [2.45, 2.75) is 39.5 Å². The molecule has 0 fully saturated rings. The van der Waals surface area contributed by atoms with Gasteiger partial charge in [0.2, 0.25) is 0 Å². The van der Waals surface area contributed by atoms with Crippen molar-refractivity contribution >= 4 is 7.82 Å². The van der Waals surface area contributed by atoms with Crippen LogP contribution in [-0.2, 0) is 4.57 Å². The Hall–Kier alpha value is 4.98. The zero-order valence-corrected chi connectivity index (χ0v) is 21.9. The van der Waals surface area contributed by atoms with Gasteiger partial charge >= 0.3 is 154 Å². The van der Waals surface area contributed by atoms with Gasteiger partial charge in [0.25, 0.3) is 0 Å². The van der Waals surface area contributed by atoms with Gasteiger partial charge in [-0.1, -0.05) is 33.1 Å². The third-order valence-corrected chi connectivity index (χ3v) is 1.44. The van der Waals surface area contributed by atoms with E-state index in [-0.39, 0.29) is 154 Å². The molecular weight excluding hydrogens is 324 g/mol. The van der Waals surface area contributed by atoms with E-state index in [0.717, 1.165) is 12.3 Å².